The van der Waals surface area contributed by atoms with Crippen LogP contribution in [-0.2, 0) is 11.2 Å². The van der Waals surface area contributed by atoms with Crippen molar-refractivity contribution in [3.05, 3.63) is 88.5 Å². The summed E-state index contributed by atoms with van der Waals surface area (Å²) in [5.74, 6) is -0.318. The van der Waals surface area contributed by atoms with Crippen LogP contribution in [0, 0.1) is 6.92 Å². The number of esters is 1. The van der Waals surface area contributed by atoms with Gasteiger partial charge in [0.1, 0.15) is 11.3 Å². The van der Waals surface area contributed by atoms with Crippen molar-refractivity contribution in [2.24, 2.45) is 0 Å². The molecule has 0 saturated heterocycles. The fourth-order valence-corrected chi connectivity index (χ4v) is 4.03. The predicted octanol–water partition coefficient (Wildman–Crippen LogP) is 4.84. The molecule has 4 rings (SSSR count). The van der Waals surface area contributed by atoms with Crippen molar-refractivity contribution in [3.8, 4) is 16.9 Å². The monoisotopic (exact) mass is 344 g/mol. The molecule has 3 nitrogen and oxygen atoms in total. The van der Waals surface area contributed by atoms with Crippen molar-refractivity contribution in [3.63, 3.8) is 0 Å². The smallest absolute Gasteiger partial charge is 0.342 e. The lowest BCUT2D eigenvalue weighted by Crippen LogP contribution is -2.17. The predicted molar refractivity (Wildman–Crippen MR) is 102 cm³/mol. The number of fused-ring (bicyclic) bond motifs is 3. The van der Waals surface area contributed by atoms with Gasteiger partial charge in [-0.3, -0.25) is 0 Å². The van der Waals surface area contributed by atoms with Crippen LogP contribution < -0.4 is 0 Å². The number of aryl methyl sites for hydroxylation is 1. The van der Waals surface area contributed by atoms with Crippen LogP contribution in [-0.4, -0.2) is 18.2 Å². The summed E-state index contributed by atoms with van der Waals surface area (Å²) >= 11 is 0. The highest BCUT2D eigenvalue weighted by atomic mass is 16.5. The lowest BCUT2D eigenvalue weighted by Gasteiger charge is -2.31. The van der Waals surface area contributed by atoms with Gasteiger partial charge in [-0.1, -0.05) is 54.6 Å². The van der Waals surface area contributed by atoms with E-state index in [4.69, 9.17) is 4.74 Å². The number of phenols is 1. The van der Waals surface area contributed by atoms with Crippen LogP contribution in [0.25, 0.3) is 11.1 Å². The molecule has 0 fully saturated rings. The SMILES string of the molecule is COC(=O)c1c(O)cc(C)c2c1-c1ccccc1C(c1ccccc1)C2. The van der Waals surface area contributed by atoms with Crippen molar-refractivity contribution in [2.45, 2.75) is 19.3 Å². The molecular weight excluding hydrogens is 324 g/mol. The summed E-state index contributed by atoms with van der Waals surface area (Å²) in [7, 11) is 1.34. The topological polar surface area (TPSA) is 46.5 Å². The average Bonchev–Trinajstić information content (AvgIpc) is 2.68. The maximum Gasteiger partial charge on any atom is 0.342 e. The molecule has 0 radical (unpaired) electrons. The van der Waals surface area contributed by atoms with Gasteiger partial charge in [0, 0.05) is 11.5 Å². The number of carbonyl (C=O) groups excluding carboxylic acids is 1. The highest BCUT2D eigenvalue weighted by Crippen LogP contribution is 2.47. The fraction of sp³-hybridized carbons (Fsp3) is 0.174. The van der Waals surface area contributed by atoms with Gasteiger partial charge in [-0.05, 0) is 47.2 Å². The first kappa shape index (κ1) is 16.4. The van der Waals surface area contributed by atoms with Gasteiger partial charge in [0.25, 0.3) is 0 Å². The highest BCUT2D eigenvalue weighted by Gasteiger charge is 2.32. The summed E-state index contributed by atoms with van der Waals surface area (Å²) in [6.07, 6.45) is 0.784. The largest absolute Gasteiger partial charge is 0.507 e. The van der Waals surface area contributed by atoms with E-state index < -0.39 is 5.97 Å². The number of hydrogen-bond donors (Lipinski definition) is 1. The summed E-state index contributed by atoms with van der Waals surface area (Å²) in [6.45, 7) is 1.98. The molecule has 1 aliphatic carbocycles. The van der Waals surface area contributed by atoms with Gasteiger partial charge in [0.15, 0.2) is 0 Å². The Kier molecular flexibility index (Phi) is 4.00. The van der Waals surface area contributed by atoms with E-state index in [-0.39, 0.29) is 17.2 Å². The molecule has 0 aromatic heterocycles. The maximum absolute atomic E-state index is 12.4. The molecule has 3 aromatic carbocycles. The summed E-state index contributed by atoms with van der Waals surface area (Å²) in [5, 5.41) is 10.5. The van der Waals surface area contributed by atoms with E-state index in [0.717, 1.165) is 28.7 Å². The molecule has 1 unspecified atom stereocenters. The Labute approximate surface area is 152 Å². The Morgan fingerprint density at radius 2 is 1.77 bits per heavy atom. The number of carbonyl (C=O) groups is 1. The van der Waals surface area contributed by atoms with Crippen LogP contribution in [0.1, 0.15) is 38.5 Å². The Morgan fingerprint density at radius 1 is 1.08 bits per heavy atom. The molecule has 3 aromatic rings. The number of phenolic OH excluding ortho intramolecular Hbond substituents is 1. The first-order chi connectivity index (χ1) is 12.6. The van der Waals surface area contributed by atoms with Crippen LogP contribution in [0.2, 0.25) is 0 Å². The third kappa shape index (κ3) is 2.48. The highest BCUT2D eigenvalue weighted by molar-refractivity contribution is 6.02. The molecule has 1 aliphatic rings. The van der Waals surface area contributed by atoms with Crippen molar-refractivity contribution < 1.29 is 14.6 Å². The zero-order valence-electron chi connectivity index (χ0n) is 14.8. The van der Waals surface area contributed by atoms with Gasteiger partial charge in [-0.2, -0.15) is 0 Å². The molecule has 0 amide bonds. The summed E-state index contributed by atoms with van der Waals surface area (Å²) < 4.78 is 4.95. The van der Waals surface area contributed by atoms with Crippen molar-refractivity contribution in [1.82, 2.24) is 0 Å². The van der Waals surface area contributed by atoms with Gasteiger partial charge >= 0.3 is 5.97 Å². The van der Waals surface area contributed by atoms with Gasteiger partial charge in [-0.25, -0.2) is 4.79 Å². The zero-order valence-corrected chi connectivity index (χ0v) is 14.8. The molecule has 26 heavy (non-hydrogen) atoms. The second kappa shape index (κ2) is 6.34. The van der Waals surface area contributed by atoms with Crippen LogP contribution in [0.4, 0.5) is 0 Å². The molecule has 3 heteroatoms. The maximum atomic E-state index is 12.4. The molecular formula is C23H20O3. The number of ether oxygens (including phenoxy) is 1. The van der Waals surface area contributed by atoms with Crippen molar-refractivity contribution in [1.29, 1.82) is 0 Å². The van der Waals surface area contributed by atoms with Crippen LogP contribution in [0.3, 0.4) is 0 Å². The Morgan fingerprint density at radius 3 is 2.50 bits per heavy atom. The lowest BCUT2D eigenvalue weighted by atomic mass is 9.73. The minimum atomic E-state index is -0.508. The third-order valence-electron chi connectivity index (χ3n) is 5.24. The minimum Gasteiger partial charge on any atom is -0.507 e. The number of methoxy groups -OCH3 is 1. The molecule has 1 N–H and O–H groups in total. The van der Waals surface area contributed by atoms with Crippen molar-refractivity contribution in [2.75, 3.05) is 7.11 Å². The molecule has 1 atom stereocenters. The number of hydrogen-bond acceptors (Lipinski definition) is 3. The first-order valence-electron chi connectivity index (χ1n) is 8.69. The standard InChI is InChI=1S/C23H20O3/c1-14-12-20(24)22(23(25)26-2)21-17-11-7-6-10-16(17)19(13-18(14)21)15-8-4-3-5-9-15/h3-12,19,24H,13H2,1-2H3. The average molecular weight is 344 g/mol. The van der Waals surface area contributed by atoms with Crippen LogP contribution in [0.15, 0.2) is 60.7 Å². The molecule has 0 heterocycles. The molecule has 130 valence electrons. The summed E-state index contributed by atoms with van der Waals surface area (Å²) in [6, 6.07) is 20.2. The van der Waals surface area contributed by atoms with E-state index in [1.807, 2.05) is 31.2 Å². The van der Waals surface area contributed by atoms with E-state index in [1.54, 1.807) is 6.07 Å². The van der Waals surface area contributed by atoms with E-state index in [9.17, 15) is 9.90 Å². The first-order valence-corrected chi connectivity index (χ1v) is 8.69. The quantitative estimate of drug-likeness (QED) is 0.677. The number of aromatic hydroxyl groups is 1. The summed E-state index contributed by atoms with van der Waals surface area (Å²) in [5.41, 5.74) is 6.54. The van der Waals surface area contributed by atoms with E-state index in [1.165, 1.54) is 18.2 Å². The van der Waals surface area contributed by atoms with E-state index in [0.29, 0.717) is 0 Å². The van der Waals surface area contributed by atoms with Gasteiger partial charge < -0.3 is 9.84 Å². The molecule has 0 bridgehead atoms. The Balaban J connectivity index is 2.02. The van der Waals surface area contributed by atoms with E-state index in [2.05, 4.69) is 30.3 Å². The van der Waals surface area contributed by atoms with Gasteiger partial charge in [0.05, 0.1) is 7.11 Å². The van der Waals surface area contributed by atoms with Gasteiger partial charge in [-0.15, -0.1) is 0 Å². The lowest BCUT2D eigenvalue weighted by molar-refractivity contribution is 0.0598. The summed E-state index contributed by atoms with van der Waals surface area (Å²) in [4.78, 5) is 12.4. The third-order valence-corrected chi connectivity index (χ3v) is 5.24. The number of rotatable bonds is 2. The van der Waals surface area contributed by atoms with Crippen LogP contribution in [0.5, 0.6) is 5.75 Å². The second-order valence-corrected chi connectivity index (χ2v) is 6.69. The van der Waals surface area contributed by atoms with Crippen LogP contribution >= 0.6 is 0 Å². The fourth-order valence-electron chi connectivity index (χ4n) is 4.03. The number of benzene rings is 3. The minimum absolute atomic E-state index is 0.0268. The molecule has 0 spiro atoms. The van der Waals surface area contributed by atoms with Crippen molar-refractivity contribution >= 4 is 5.97 Å². The van der Waals surface area contributed by atoms with E-state index >= 15 is 0 Å². The Bertz CT molecular complexity index is 990. The zero-order chi connectivity index (χ0) is 18.3. The van der Waals surface area contributed by atoms with Gasteiger partial charge in [0.2, 0.25) is 0 Å². The molecule has 0 saturated carbocycles. The second-order valence-electron chi connectivity index (χ2n) is 6.69. The Hall–Kier alpha value is -3.07. The normalized spacial score (nSPS) is 15.1. The molecule has 0 aliphatic heterocycles.